The van der Waals surface area contributed by atoms with Crippen molar-refractivity contribution in [1.82, 2.24) is 9.78 Å². The van der Waals surface area contributed by atoms with Gasteiger partial charge in [0.2, 0.25) is 5.43 Å². The molecule has 114 valence electrons. The van der Waals surface area contributed by atoms with Crippen LogP contribution in [0.25, 0.3) is 22.1 Å². The summed E-state index contributed by atoms with van der Waals surface area (Å²) in [6, 6.07) is 9.88. The average Bonchev–Trinajstić information content (AvgIpc) is 3.14. The van der Waals surface area contributed by atoms with Gasteiger partial charge in [0, 0.05) is 25.4 Å². The minimum Gasteiger partial charge on any atom is -0.425 e. The summed E-state index contributed by atoms with van der Waals surface area (Å²) in [5.74, 6) is -0.0948. The molecule has 0 fully saturated rings. The molecule has 1 aromatic carbocycles. The van der Waals surface area contributed by atoms with E-state index in [2.05, 4.69) is 10.4 Å². The van der Waals surface area contributed by atoms with E-state index in [0.717, 1.165) is 0 Å². The molecular formula is C16H11N3O4. The molecule has 0 spiro atoms. The molecule has 0 saturated carbocycles. The number of rotatable bonds is 2. The molecule has 0 atom stereocenters. The Kier molecular flexibility index (Phi) is 2.80. The predicted octanol–water partition coefficient (Wildman–Crippen LogP) is 2.53. The van der Waals surface area contributed by atoms with Crippen molar-refractivity contribution in [1.29, 1.82) is 0 Å². The number of furan rings is 1. The van der Waals surface area contributed by atoms with Crippen LogP contribution in [0.4, 0.5) is 5.82 Å². The molecule has 0 bridgehead atoms. The number of aryl methyl sites for hydroxylation is 1. The second kappa shape index (κ2) is 4.84. The summed E-state index contributed by atoms with van der Waals surface area (Å²) in [5, 5.41) is 7.32. The summed E-state index contributed by atoms with van der Waals surface area (Å²) in [6.07, 6.45) is 1.70. The summed E-state index contributed by atoms with van der Waals surface area (Å²) in [6.45, 7) is 0. The van der Waals surface area contributed by atoms with Gasteiger partial charge in [0.15, 0.2) is 11.6 Å². The largest absolute Gasteiger partial charge is 0.425 e. The third-order valence-corrected chi connectivity index (χ3v) is 3.46. The summed E-state index contributed by atoms with van der Waals surface area (Å²) in [7, 11) is 1.74. The van der Waals surface area contributed by atoms with Crippen molar-refractivity contribution in [2.45, 2.75) is 0 Å². The van der Waals surface area contributed by atoms with E-state index in [9.17, 15) is 9.59 Å². The lowest BCUT2D eigenvalue weighted by Crippen LogP contribution is -2.11. The highest BCUT2D eigenvalue weighted by atomic mass is 16.5. The van der Waals surface area contributed by atoms with Crippen LogP contribution in [-0.2, 0) is 7.05 Å². The zero-order chi connectivity index (χ0) is 16.0. The van der Waals surface area contributed by atoms with E-state index in [0.29, 0.717) is 16.8 Å². The molecule has 3 aromatic heterocycles. The van der Waals surface area contributed by atoms with E-state index in [1.165, 1.54) is 6.07 Å². The lowest BCUT2D eigenvalue weighted by Gasteiger charge is -1.97. The number of nitrogens with one attached hydrogen (secondary N) is 1. The van der Waals surface area contributed by atoms with Gasteiger partial charge in [0.25, 0.3) is 5.91 Å². The van der Waals surface area contributed by atoms with Crippen LogP contribution in [-0.4, -0.2) is 15.7 Å². The fourth-order valence-corrected chi connectivity index (χ4v) is 2.37. The van der Waals surface area contributed by atoms with Crippen LogP contribution in [0.5, 0.6) is 0 Å². The molecule has 23 heavy (non-hydrogen) atoms. The van der Waals surface area contributed by atoms with Gasteiger partial charge in [-0.2, -0.15) is 5.10 Å². The second-order valence-corrected chi connectivity index (χ2v) is 5.07. The Balaban J connectivity index is 1.79. The summed E-state index contributed by atoms with van der Waals surface area (Å²) in [4.78, 5) is 24.6. The maximum absolute atomic E-state index is 12.4. The van der Waals surface area contributed by atoms with Crippen LogP contribution in [0.1, 0.15) is 10.6 Å². The van der Waals surface area contributed by atoms with E-state index in [1.807, 2.05) is 0 Å². The molecule has 7 heteroatoms. The van der Waals surface area contributed by atoms with Gasteiger partial charge >= 0.3 is 5.78 Å². The van der Waals surface area contributed by atoms with E-state index in [4.69, 9.17) is 8.83 Å². The molecule has 1 N–H and O–H groups in total. The van der Waals surface area contributed by atoms with Gasteiger partial charge in [0.05, 0.1) is 5.39 Å². The van der Waals surface area contributed by atoms with Crippen molar-refractivity contribution in [3.8, 4) is 0 Å². The first-order chi connectivity index (χ1) is 11.1. The highest BCUT2D eigenvalue weighted by Gasteiger charge is 2.18. The molecule has 0 aliphatic heterocycles. The topological polar surface area (TPSA) is 90.3 Å². The van der Waals surface area contributed by atoms with Crippen LogP contribution in [0.2, 0.25) is 0 Å². The van der Waals surface area contributed by atoms with Crippen LogP contribution >= 0.6 is 0 Å². The molecule has 1 amide bonds. The molecule has 0 aliphatic carbocycles. The van der Waals surface area contributed by atoms with E-state index >= 15 is 0 Å². The molecule has 3 heterocycles. The number of nitrogens with zero attached hydrogens (tertiary/aromatic N) is 2. The van der Waals surface area contributed by atoms with Crippen molar-refractivity contribution in [3.63, 3.8) is 0 Å². The number of benzene rings is 1. The number of para-hydroxylation sites is 1. The zero-order valence-corrected chi connectivity index (χ0v) is 12.1. The number of aromatic nitrogens is 2. The Morgan fingerprint density at radius 1 is 1.17 bits per heavy atom. The summed E-state index contributed by atoms with van der Waals surface area (Å²) < 4.78 is 12.5. The number of fused-ring (bicyclic) bond motifs is 2. The fourth-order valence-electron chi connectivity index (χ4n) is 2.37. The number of carbonyl (C=O) groups is 1. The number of amides is 1. The minimum atomic E-state index is -0.501. The Labute approximate surface area is 129 Å². The van der Waals surface area contributed by atoms with E-state index < -0.39 is 5.91 Å². The first-order valence-electron chi connectivity index (χ1n) is 6.88. The molecule has 0 radical (unpaired) electrons. The molecule has 4 rings (SSSR count). The van der Waals surface area contributed by atoms with Gasteiger partial charge in [-0.05, 0) is 12.1 Å². The van der Waals surface area contributed by atoms with Crippen molar-refractivity contribution in [2.24, 2.45) is 7.05 Å². The van der Waals surface area contributed by atoms with Crippen molar-refractivity contribution < 1.29 is 13.6 Å². The van der Waals surface area contributed by atoms with Gasteiger partial charge in [-0.3, -0.25) is 14.3 Å². The highest BCUT2D eigenvalue weighted by Crippen LogP contribution is 2.22. The number of anilines is 1. The van der Waals surface area contributed by atoms with Crippen LogP contribution in [0.15, 0.2) is 56.2 Å². The standard InChI is InChI=1S/C16H11N3O4/c1-19-7-6-13(18-19)17-15(21)12-8-10-14(20)9-4-2-3-5-11(9)22-16(10)23-12/h2-8H,1H3,(H,17,18,21). The Morgan fingerprint density at radius 2 is 2.00 bits per heavy atom. The molecule has 0 unspecified atom stereocenters. The fraction of sp³-hybridized carbons (Fsp3) is 0.0625. The Hall–Kier alpha value is -3.35. The van der Waals surface area contributed by atoms with Gasteiger partial charge in [-0.1, -0.05) is 12.1 Å². The van der Waals surface area contributed by atoms with Crippen molar-refractivity contribution in [3.05, 3.63) is 58.6 Å². The number of hydrogen-bond acceptors (Lipinski definition) is 5. The molecule has 0 saturated heterocycles. The SMILES string of the molecule is Cn1ccc(NC(=O)c2cc3c(=O)c4ccccc4oc3o2)n1. The normalized spacial score (nSPS) is 11.2. The number of carbonyl (C=O) groups excluding carboxylic acids is 1. The quantitative estimate of drug-likeness (QED) is 0.614. The lowest BCUT2D eigenvalue weighted by atomic mass is 10.2. The molecule has 4 aromatic rings. The Morgan fingerprint density at radius 3 is 2.78 bits per heavy atom. The first-order valence-corrected chi connectivity index (χ1v) is 6.88. The smallest absolute Gasteiger partial charge is 0.302 e. The maximum Gasteiger partial charge on any atom is 0.302 e. The first kappa shape index (κ1) is 13.3. The monoisotopic (exact) mass is 309 g/mol. The zero-order valence-electron chi connectivity index (χ0n) is 12.1. The third kappa shape index (κ3) is 2.18. The van der Waals surface area contributed by atoms with Gasteiger partial charge < -0.3 is 14.2 Å². The van der Waals surface area contributed by atoms with Crippen LogP contribution in [0, 0.1) is 0 Å². The van der Waals surface area contributed by atoms with Crippen LogP contribution in [0.3, 0.4) is 0 Å². The van der Waals surface area contributed by atoms with E-state index in [-0.39, 0.29) is 22.4 Å². The average molecular weight is 309 g/mol. The van der Waals surface area contributed by atoms with Crippen LogP contribution < -0.4 is 10.7 Å². The second-order valence-electron chi connectivity index (χ2n) is 5.07. The van der Waals surface area contributed by atoms with Gasteiger partial charge in [0.1, 0.15) is 11.0 Å². The van der Waals surface area contributed by atoms with Gasteiger partial charge in [-0.25, -0.2) is 0 Å². The van der Waals surface area contributed by atoms with Crippen molar-refractivity contribution >= 4 is 33.9 Å². The van der Waals surface area contributed by atoms with Crippen molar-refractivity contribution in [2.75, 3.05) is 5.32 Å². The summed E-state index contributed by atoms with van der Waals surface area (Å²) >= 11 is 0. The number of hydrogen-bond donors (Lipinski definition) is 1. The molecular weight excluding hydrogens is 298 g/mol. The minimum absolute atomic E-state index is 0.0122. The maximum atomic E-state index is 12.4. The lowest BCUT2D eigenvalue weighted by molar-refractivity contribution is 0.0996. The molecule has 0 aliphatic rings. The Bertz CT molecular complexity index is 1100. The highest BCUT2D eigenvalue weighted by molar-refractivity contribution is 6.04. The predicted molar refractivity (Wildman–Crippen MR) is 83.4 cm³/mol. The van der Waals surface area contributed by atoms with Gasteiger partial charge in [-0.15, -0.1) is 0 Å². The van der Waals surface area contributed by atoms with E-state index in [1.54, 1.807) is 48.3 Å². The summed E-state index contributed by atoms with van der Waals surface area (Å²) in [5.41, 5.74) is 0.179. The molecule has 7 nitrogen and oxygen atoms in total. The third-order valence-electron chi connectivity index (χ3n) is 3.46.